The molecule has 0 aromatic heterocycles. The standard InChI is InChI=1S/C10H11Cl2N3/c1-6(13)2-10(14)15-9-4-7(11)3-8(12)5-9/h2-5H,13H2,1H3,(H2,14,15). The zero-order chi connectivity index (χ0) is 11.4. The van der Waals surface area contributed by atoms with Gasteiger partial charge in [0, 0.05) is 15.7 Å². The summed E-state index contributed by atoms with van der Waals surface area (Å²) >= 11 is 11.6. The number of amidine groups is 1. The van der Waals surface area contributed by atoms with E-state index in [9.17, 15) is 0 Å². The molecule has 0 saturated heterocycles. The Morgan fingerprint density at radius 3 is 2.20 bits per heavy atom. The van der Waals surface area contributed by atoms with Crippen LogP contribution in [0.15, 0.2) is 35.0 Å². The van der Waals surface area contributed by atoms with Crippen LogP contribution >= 0.6 is 23.2 Å². The molecule has 0 spiro atoms. The number of allylic oxidation sites excluding steroid dienone is 1. The van der Waals surface area contributed by atoms with Crippen molar-refractivity contribution < 1.29 is 0 Å². The van der Waals surface area contributed by atoms with Crippen LogP contribution in [0.4, 0.5) is 5.69 Å². The lowest BCUT2D eigenvalue weighted by molar-refractivity contribution is 1.31. The van der Waals surface area contributed by atoms with E-state index in [1.54, 1.807) is 31.2 Å². The van der Waals surface area contributed by atoms with Crippen LogP contribution in [0.5, 0.6) is 0 Å². The highest BCUT2D eigenvalue weighted by Crippen LogP contribution is 2.24. The lowest BCUT2D eigenvalue weighted by Gasteiger charge is -1.98. The van der Waals surface area contributed by atoms with Gasteiger partial charge in [0.05, 0.1) is 5.69 Å². The van der Waals surface area contributed by atoms with Crippen molar-refractivity contribution in [2.45, 2.75) is 6.92 Å². The number of benzene rings is 1. The van der Waals surface area contributed by atoms with E-state index in [1.807, 2.05) is 0 Å². The SMILES string of the molecule is CC(N)=CC(N)=Nc1cc(Cl)cc(Cl)c1. The van der Waals surface area contributed by atoms with E-state index < -0.39 is 0 Å². The molecule has 15 heavy (non-hydrogen) atoms. The average Bonchev–Trinajstić information content (AvgIpc) is 1.98. The van der Waals surface area contributed by atoms with Crippen molar-refractivity contribution >= 4 is 34.7 Å². The van der Waals surface area contributed by atoms with Crippen LogP contribution < -0.4 is 11.5 Å². The first-order chi connectivity index (χ1) is 6.97. The molecule has 0 amide bonds. The Morgan fingerprint density at radius 2 is 1.73 bits per heavy atom. The zero-order valence-electron chi connectivity index (χ0n) is 8.17. The van der Waals surface area contributed by atoms with E-state index in [1.165, 1.54) is 0 Å². The number of nitrogens with two attached hydrogens (primary N) is 2. The quantitative estimate of drug-likeness (QED) is 0.620. The molecule has 0 heterocycles. The maximum absolute atomic E-state index is 5.80. The van der Waals surface area contributed by atoms with Crippen molar-refractivity contribution in [3.05, 3.63) is 40.0 Å². The molecule has 0 fully saturated rings. The minimum absolute atomic E-state index is 0.313. The minimum Gasteiger partial charge on any atom is -0.402 e. The van der Waals surface area contributed by atoms with Gasteiger partial charge in [0.1, 0.15) is 5.84 Å². The molecule has 0 aliphatic rings. The largest absolute Gasteiger partial charge is 0.402 e. The fourth-order valence-corrected chi connectivity index (χ4v) is 1.53. The molecule has 3 nitrogen and oxygen atoms in total. The van der Waals surface area contributed by atoms with Crippen molar-refractivity contribution in [2.75, 3.05) is 0 Å². The molecule has 0 aliphatic carbocycles. The van der Waals surface area contributed by atoms with Gasteiger partial charge in [-0.15, -0.1) is 0 Å². The second kappa shape index (κ2) is 5.05. The van der Waals surface area contributed by atoms with Crippen molar-refractivity contribution in [1.82, 2.24) is 0 Å². The Kier molecular flexibility index (Phi) is 4.00. The third-order valence-electron chi connectivity index (χ3n) is 1.48. The Hall–Kier alpha value is -1.19. The zero-order valence-corrected chi connectivity index (χ0v) is 9.68. The highest BCUT2D eigenvalue weighted by atomic mass is 35.5. The van der Waals surface area contributed by atoms with Crippen LogP contribution in [-0.2, 0) is 0 Å². The van der Waals surface area contributed by atoms with E-state index in [0.717, 1.165) is 0 Å². The predicted molar refractivity (Wildman–Crippen MR) is 65.7 cm³/mol. The van der Waals surface area contributed by atoms with Gasteiger partial charge in [-0.3, -0.25) is 0 Å². The van der Waals surface area contributed by atoms with Crippen LogP contribution in [-0.4, -0.2) is 5.84 Å². The van der Waals surface area contributed by atoms with Crippen molar-refractivity contribution in [2.24, 2.45) is 16.5 Å². The molecule has 0 atom stereocenters. The Labute approximate surface area is 98.4 Å². The summed E-state index contributed by atoms with van der Waals surface area (Å²) in [5.41, 5.74) is 12.3. The molecule has 1 aromatic carbocycles. The van der Waals surface area contributed by atoms with Gasteiger partial charge in [0.15, 0.2) is 0 Å². The van der Waals surface area contributed by atoms with Crippen molar-refractivity contribution in [3.8, 4) is 0 Å². The first-order valence-electron chi connectivity index (χ1n) is 4.21. The van der Waals surface area contributed by atoms with Crippen LogP contribution in [0.2, 0.25) is 10.0 Å². The minimum atomic E-state index is 0.313. The summed E-state index contributed by atoms with van der Waals surface area (Å²) in [7, 11) is 0. The Morgan fingerprint density at radius 1 is 1.20 bits per heavy atom. The maximum atomic E-state index is 5.80. The second-order valence-electron chi connectivity index (χ2n) is 3.05. The molecule has 0 saturated carbocycles. The second-order valence-corrected chi connectivity index (χ2v) is 3.93. The van der Waals surface area contributed by atoms with Crippen LogP contribution in [0.25, 0.3) is 0 Å². The van der Waals surface area contributed by atoms with Crippen LogP contribution in [0.3, 0.4) is 0 Å². The molecule has 80 valence electrons. The van der Waals surface area contributed by atoms with Gasteiger partial charge in [0.25, 0.3) is 0 Å². The third kappa shape index (κ3) is 4.23. The van der Waals surface area contributed by atoms with Crippen LogP contribution in [0.1, 0.15) is 6.92 Å². The fraction of sp³-hybridized carbons (Fsp3) is 0.100. The molecule has 1 aromatic rings. The number of rotatable bonds is 2. The normalized spacial score (nSPS) is 13.0. The van der Waals surface area contributed by atoms with E-state index in [2.05, 4.69) is 4.99 Å². The fourth-order valence-electron chi connectivity index (χ4n) is 1.02. The summed E-state index contributed by atoms with van der Waals surface area (Å²) in [6.07, 6.45) is 1.56. The lowest BCUT2D eigenvalue weighted by Crippen LogP contribution is -2.09. The molecule has 5 heteroatoms. The predicted octanol–water partition coefficient (Wildman–Crippen LogP) is 2.84. The van der Waals surface area contributed by atoms with E-state index in [0.29, 0.717) is 27.3 Å². The molecule has 0 unspecified atom stereocenters. The number of halogens is 2. The first-order valence-corrected chi connectivity index (χ1v) is 4.97. The molecule has 0 radical (unpaired) electrons. The summed E-state index contributed by atoms with van der Waals surface area (Å²) in [5, 5.41) is 1.03. The summed E-state index contributed by atoms with van der Waals surface area (Å²) in [4.78, 5) is 4.09. The first kappa shape index (κ1) is 11.9. The van der Waals surface area contributed by atoms with Crippen molar-refractivity contribution in [1.29, 1.82) is 0 Å². The van der Waals surface area contributed by atoms with Crippen LogP contribution in [0, 0.1) is 0 Å². The maximum Gasteiger partial charge on any atom is 0.125 e. The number of hydrogen-bond acceptors (Lipinski definition) is 2. The highest BCUT2D eigenvalue weighted by Gasteiger charge is 1.97. The average molecular weight is 244 g/mol. The summed E-state index contributed by atoms with van der Waals surface area (Å²) < 4.78 is 0. The van der Waals surface area contributed by atoms with Gasteiger partial charge in [-0.25, -0.2) is 4.99 Å². The molecular weight excluding hydrogens is 233 g/mol. The van der Waals surface area contributed by atoms with Gasteiger partial charge >= 0.3 is 0 Å². The Balaban J connectivity index is 3.03. The van der Waals surface area contributed by atoms with Gasteiger partial charge < -0.3 is 11.5 Å². The van der Waals surface area contributed by atoms with Gasteiger partial charge in [-0.2, -0.15) is 0 Å². The summed E-state index contributed by atoms with van der Waals surface area (Å²) in [6.45, 7) is 1.73. The van der Waals surface area contributed by atoms with Crippen molar-refractivity contribution in [3.63, 3.8) is 0 Å². The Bertz CT molecular complexity index is 400. The monoisotopic (exact) mass is 243 g/mol. The van der Waals surface area contributed by atoms with E-state index in [-0.39, 0.29) is 0 Å². The number of aliphatic imine (C=N–C) groups is 1. The number of hydrogen-bond donors (Lipinski definition) is 2. The number of nitrogens with zero attached hydrogens (tertiary/aromatic N) is 1. The summed E-state index contributed by atoms with van der Waals surface area (Å²) in [6, 6.07) is 4.96. The topological polar surface area (TPSA) is 64.4 Å². The molecule has 0 bridgehead atoms. The third-order valence-corrected chi connectivity index (χ3v) is 1.92. The van der Waals surface area contributed by atoms with E-state index in [4.69, 9.17) is 34.7 Å². The van der Waals surface area contributed by atoms with Gasteiger partial charge in [-0.1, -0.05) is 23.2 Å². The highest BCUT2D eigenvalue weighted by molar-refractivity contribution is 6.35. The van der Waals surface area contributed by atoms with Gasteiger partial charge in [-0.05, 0) is 31.2 Å². The van der Waals surface area contributed by atoms with Gasteiger partial charge in [0.2, 0.25) is 0 Å². The summed E-state index contributed by atoms with van der Waals surface area (Å²) in [5.74, 6) is 0.313. The smallest absolute Gasteiger partial charge is 0.125 e. The molecule has 1 rings (SSSR count). The molecular formula is C10H11Cl2N3. The molecule has 4 N–H and O–H groups in total. The molecule has 0 aliphatic heterocycles. The lowest BCUT2D eigenvalue weighted by atomic mass is 10.3. The van der Waals surface area contributed by atoms with E-state index >= 15 is 0 Å².